The molecule has 0 saturated carbocycles. The van der Waals surface area contributed by atoms with Crippen LogP contribution in [0.2, 0.25) is 5.02 Å². The summed E-state index contributed by atoms with van der Waals surface area (Å²) < 4.78 is 45.7. The predicted octanol–water partition coefficient (Wildman–Crippen LogP) is 4.01. The van der Waals surface area contributed by atoms with Crippen LogP contribution in [0.25, 0.3) is 10.9 Å². The van der Waals surface area contributed by atoms with Crippen LogP contribution in [-0.4, -0.2) is 57.3 Å². The molecule has 4 heterocycles. The summed E-state index contributed by atoms with van der Waals surface area (Å²) in [5, 5.41) is 8.43. The number of hydrogen-bond donors (Lipinski definition) is 0. The topological polar surface area (TPSA) is 76.4 Å². The molecule has 2 aromatic heterocycles. The average molecular weight is 509 g/mol. The van der Waals surface area contributed by atoms with Gasteiger partial charge in [-0.2, -0.15) is 13.2 Å². The third kappa shape index (κ3) is 4.26. The SMILES string of the molecule is COc1ccc2c(N3CCC(C(=O)N4CCn5c(nnc5C(F)(F)F)C4)C(C)C3)c(Cl)cnc2c1. The summed E-state index contributed by atoms with van der Waals surface area (Å²) in [6.45, 7) is 3.50. The molecule has 1 fully saturated rings. The molecule has 0 bridgehead atoms. The summed E-state index contributed by atoms with van der Waals surface area (Å²) in [6.07, 6.45) is -2.34. The molecule has 0 aliphatic carbocycles. The van der Waals surface area contributed by atoms with Gasteiger partial charge in [0.15, 0.2) is 5.82 Å². The van der Waals surface area contributed by atoms with Gasteiger partial charge in [0.2, 0.25) is 11.7 Å². The fraction of sp³-hybridized carbons (Fsp3) is 0.478. The zero-order valence-corrected chi connectivity index (χ0v) is 20.0. The number of aromatic nitrogens is 4. The number of rotatable bonds is 3. The Morgan fingerprint density at radius 2 is 2.00 bits per heavy atom. The molecule has 186 valence electrons. The number of anilines is 1. The third-order valence-electron chi connectivity index (χ3n) is 6.86. The van der Waals surface area contributed by atoms with Crippen molar-refractivity contribution in [3.63, 3.8) is 0 Å². The van der Waals surface area contributed by atoms with Crippen LogP contribution in [0.15, 0.2) is 24.4 Å². The number of benzene rings is 1. The lowest BCUT2D eigenvalue weighted by molar-refractivity contribution is -0.148. The molecule has 2 aliphatic heterocycles. The molecule has 3 aromatic rings. The fourth-order valence-corrected chi connectivity index (χ4v) is 5.36. The smallest absolute Gasteiger partial charge is 0.451 e. The maximum absolute atomic E-state index is 13.3. The van der Waals surface area contributed by atoms with Crippen LogP contribution in [0.3, 0.4) is 0 Å². The number of fused-ring (bicyclic) bond motifs is 2. The normalized spacial score (nSPS) is 20.7. The molecule has 1 amide bonds. The minimum Gasteiger partial charge on any atom is -0.497 e. The number of nitrogens with zero attached hydrogens (tertiary/aromatic N) is 6. The van der Waals surface area contributed by atoms with E-state index >= 15 is 0 Å². The van der Waals surface area contributed by atoms with Crippen molar-refractivity contribution in [1.82, 2.24) is 24.6 Å². The first-order chi connectivity index (χ1) is 16.7. The van der Waals surface area contributed by atoms with Crippen molar-refractivity contribution in [3.05, 3.63) is 41.1 Å². The predicted molar refractivity (Wildman–Crippen MR) is 123 cm³/mol. The first-order valence-electron chi connectivity index (χ1n) is 11.3. The maximum atomic E-state index is 13.3. The molecular formula is C23H24ClF3N6O2. The Bertz CT molecular complexity index is 1280. The Labute approximate surface area is 204 Å². The lowest BCUT2D eigenvalue weighted by Gasteiger charge is -2.40. The van der Waals surface area contributed by atoms with Crippen LogP contribution in [0.5, 0.6) is 5.75 Å². The lowest BCUT2D eigenvalue weighted by Crippen LogP contribution is -2.49. The molecule has 8 nitrogen and oxygen atoms in total. The number of pyridine rings is 1. The van der Waals surface area contributed by atoms with Crippen molar-refractivity contribution in [3.8, 4) is 5.75 Å². The number of piperidine rings is 1. The zero-order valence-electron chi connectivity index (χ0n) is 19.2. The molecule has 1 aromatic carbocycles. The van der Waals surface area contributed by atoms with E-state index in [1.807, 2.05) is 25.1 Å². The highest BCUT2D eigenvalue weighted by atomic mass is 35.5. The van der Waals surface area contributed by atoms with E-state index in [1.54, 1.807) is 18.2 Å². The van der Waals surface area contributed by atoms with E-state index in [-0.39, 0.29) is 43.2 Å². The molecule has 0 spiro atoms. The molecule has 1 saturated heterocycles. The highest BCUT2D eigenvalue weighted by Crippen LogP contribution is 2.38. The van der Waals surface area contributed by atoms with Gasteiger partial charge in [-0.1, -0.05) is 18.5 Å². The van der Waals surface area contributed by atoms with Crippen LogP contribution < -0.4 is 9.64 Å². The first kappa shape index (κ1) is 23.7. The van der Waals surface area contributed by atoms with Crippen molar-refractivity contribution in [2.24, 2.45) is 11.8 Å². The van der Waals surface area contributed by atoms with E-state index in [1.165, 1.54) is 0 Å². The second kappa shape index (κ2) is 8.85. The van der Waals surface area contributed by atoms with Gasteiger partial charge in [0.25, 0.3) is 0 Å². The van der Waals surface area contributed by atoms with Gasteiger partial charge in [-0.3, -0.25) is 9.78 Å². The average Bonchev–Trinajstić information content (AvgIpc) is 3.27. The molecule has 2 unspecified atom stereocenters. The number of carbonyl (C=O) groups excluding carboxylic acids is 1. The van der Waals surface area contributed by atoms with Crippen molar-refractivity contribution in [1.29, 1.82) is 0 Å². The van der Waals surface area contributed by atoms with E-state index in [4.69, 9.17) is 16.3 Å². The minimum atomic E-state index is -4.57. The number of methoxy groups -OCH3 is 1. The molecule has 35 heavy (non-hydrogen) atoms. The van der Waals surface area contributed by atoms with Gasteiger partial charge in [0.05, 0.1) is 29.9 Å². The van der Waals surface area contributed by atoms with E-state index in [0.717, 1.165) is 21.2 Å². The Balaban J connectivity index is 1.31. The van der Waals surface area contributed by atoms with Gasteiger partial charge in [0.1, 0.15) is 5.75 Å². The molecular weight excluding hydrogens is 485 g/mol. The summed E-state index contributed by atoms with van der Waals surface area (Å²) in [5.41, 5.74) is 1.65. The summed E-state index contributed by atoms with van der Waals surface area (Å²) in [5.74, 6) is -0.437. The molecule has 2 atom stereocenters. The number of carbonyl (C=O) groups is 1. The molecule has 5 rings (SSSR count). The summed E-state index contributed by atoms with van der Waals surface area (Å²) in [4.78, 5) is 21.5. The molecule has 12 heteroatoms. The number of ether oxygens (including phenoxy) is 1. The molecule has 2 aliphatic rings. The van der Waals surface area contributed by atoms with Gasteiger partial charge in [-0.15, -0.1) is 10.2 Å². The maximum Gasteiger partial charge on any atom is 0.451 e. The van der Waals surface area contributed by atoms with Crippen molar-refractivity contribution in [2.75, 3.05) is 31.6 Å². The zero-order chi connectivity index (χ0) is 24.9. The Morgan fingerprint density at radius 1 is 1.20 bits per heavy atom. The highest BCUT2D eigenvalue weighted by Gasteiger charge is 2.41. The van der Waals surface area contributed by atoms with Crippen molar-refractivity contribution >= 4 is 34.1 Å². The Morgan fingerprint density at radius 3 is 2.71 bits per heavy atom. The molecule has 0 N–H and O–H groups in total. The summed E-state index contributed by atoms with van der Waals surface area (Å²) >= 11 is 6.55. The fourth-order valence-electron chi connectivity index (χ4n) is 5.09. The molecule has 0 radical (unpaired) electrons. The van der Waals surface area contributed by atoms with Crippen LogP contribution >= 0.6 is 11.6 Å². The van der Waals surface area contributed by atoms with Crippen molar-refractivity contribution < 1.29 is 22.7 Å². The Hall–Kier alpha value is -3.08. The standard InChI is InChI=1S/C23H24ClF3N6O2/c1-13-11-31(20-16-4-3-14(35-2)9-18(16)28-10-17(20)24)6-5-15(13)21(34)32-7-8-33-19(12-32)29-30-22(33)23(25,26)27/h3-4,9-10,13,15H,5-8,11-12H2,1-2H3. The number of halogens is 4. The van der Waals surface area contributed by atoms with Gasteiger partial charge in [-0.05, 0) is 24.5 Å². The summed E-state index contributed by atoms with van der Waals surface area (Å²) in [7, 11) is 1.60. The number of alkyl halides is 3. The first-order valence-corrected chi connectivity index (χ1v) is 11.7. The van der Waals surface area contributed by atoms with E-state index in [9.17, 15) is 18.0 Å². The van der Waals surface area contributed by atoms with Crippen LogP contribution in [0.1, 0.15) is 25.0 Å². The Kier molecular flexibility index (Phi) is 5.98. The summed E-state index contributed by atoms with van der Waals surface area (Å²) in [6, 6.07) is 5.65. The van der Waals surface area contributed by atoms with Gasteiger partial charge in [0, 0.05) is 49.7 Å². The van der Waals surface area contributed by atoms with Crippen LogP contribution in [0.4, 0.5) is 18.9 Å². The van der Waals surface area contributed by atoms with E-state index < -0.39 is 12.0 Å². The third-order valence-corrected chi connectivity index (χ3v) is 7.14. The van der Waals surface area contributed by atoms with Gasteiger partial charge >= 0.3 is 6.18 Å². The van der Waals surface area contributed by atoms with Crippen LogP contribution in [-0.2, 0) is 24.1 Å². The monoisotopic (exact) mass is 508 g/mol. The van der Waals surface area contributed by atoms with Gasteiger partial charge in [-0.25, -0.2) is 0 Å². The van der Waals surface area contributed by atoms with E-state index in [2.05, 4.69) is 20.1 Å². The second-order valence-electron chi connectivity index (χ2n) is 9.01. The minimum absolute atomic E-state index is 0.0133. The largest absolute Gasteiger partial charge is 0.497 e. The van der Waals surface area contributed by atoms with E-state index in [0.29, 0.717) is 30.3 Å². The van der Waals surface area contributed by atoms with Crippen molar-refractivity contribution in [2.45, 2.75) is 32.6 Å². The number of hydrogen-bond acceptors (Lipinski definition) is 6. The number of amides is 1. The lowest BCUT2D eigenvalue weighted by atomic mass is 9.85. The highest BCUT2D eigenvalue weighted by molar-refractivity contribution is 6.34. The quantitative estimate of drug-likeness (QED) is 0.532. The second-order valence-corrected chi connectivity index (χ2v) is 9.41. The van der Waals surface area contributed by atoms with Crippen LogP contribution in [0, 0.1) is 11.8 Å². The van der Waals surface area contributed by atoms with Gasteiger partial charge < -0.3 is 19.1 Å².